The minimum Gasteiger partial charge on any atom is -0.326 e. The lowest BCUT2D eigenvalue weighted by Crippen LogP contribution is -2.54. The van der Waals surface area contributed by atoms with E-state index in [9.17, 15) is 13.2 Å². The van der Waals surface area contributed by atoms with Gasteiger partial charge >= 0.3 is 6.18 Å². The molecule has 0 fully saturated rings. The molecule has 2 nitrogen and oxygen atoms in total. The maximum Gasteiger partial charge on any atom is 0.405 e. The lowest BCUT2D eigenvalue weighted by Gasteiger charge is -2.33. The average molecular weight is 288 g/mol. The second kappa shape index (κ2) is 7.09. The molecule has 0 aromatic heterocycles. The predicted molar refractivity (Wildman–Crippen MR) is 75.4 cm³/mol. The van der Waals surface area contributed by atoms with Crippen molar-refractivity contribution in [3.8, 4) is 0 Å². The minimum atomic E-state index is -4.31. The highest BCUT2D eigenvalue weighted by molar-refractivity contribution is 5.22. The number of aryl methyl sites for hydroxylation is 1. The molecule has 0 spiro atoms. The third kappa shape index (κ3) is 4.49. The molecule has 0 heterocycles. The van der Waals surface area contributed by atoms with E-state index in [1.807, 2.05) is 31.2 Å². The van der Waals surface area contributed by atoms with E-state index in [4.69, 9.17) is 5.73 Å². The lowest BCUT2D eigenvalue weighted by atomic mass is 10.0. The molecule has 0 bridgehead atoms. The molecular weight excluding hydrogens is 265 g/mol. The molecule has 1 rings (SSSR count). The van der Waals surface area contributed by atoms with Crippen molar-refractivity contribution in [2.24, 2.45) is 5.73 Å². The quantitative estimate of drug-likeness (QED) is 0.870. The lowest BCUT2D eigenvalue weighted by molar-refractivity contribution is -0.187. The van der Waals surface area contributed by atoms with E-state index >= 15 is 0 Å². The van der Waals surface area contributed by atoms with E-state index < -0.39 is 18.3 Å². The molecule has 2 atom stereocenters. The van der Waals surface area contributed by atoms with Crippen LogP contribution in [-0.4, -0.2) is 30.2 Å². The molecule has 1 aromatic carbocycles. The molecule has 5 heteroatoms. The van der Waals surface area contributed by atoms with Gasteiger partial charge in [0.2, 0.25) is 0 Å². The Hall–Kier alpha value is -1.07. The number of likely N-dealkylation sites (N-methyl/N-ethyl adjacent to an activating group) is 1. The molecule has 0 aliphatic heterocycles. The smallest absolute Gasteiger partial charge is 0.326 e. The summed E-state index contributed by atoms with van der Waals surface area (Å²) >= 11 is 0. The Balaban J connectivity index is 2.82. The molecule has 0 aliphatic carbocycles. The molecule has 0 aliphatic rings. The SMILES string of the molecule is CCc1ccc(CN(C)C(C(N)CC)C(F)(F)F)cc1. The first-order valence-electron chi connectivity index (χ1n) is 6.89. The van der Waals surface area contributed by atoms with Crippen LogP contribution in [0, 0.1) is 0 Å². The first kappa shape index (κ1) is 17.0. The summed E-state index contributed by atoms with van der Waals surface area (Å²) in [5.41, 5.74) is 7.68. The third-order valence-electron chi connectivity index (χ3n) is 3.55. The number of alkyl halides is 3. The monoisotopic (exact) mass is 288 g/mol. The second-order valence-corrected chi connectivity index (χ2v) is 5.14. The van der Waals surface area contributed by atoms with Gasteiger partial charge in [-0.2, -0.15) is 13.2 Å². The van der Waals surface area contributed by atoms with Crippen LogP contribution in [-0.2, 0) is 13.0 Å². The van der Waals surface area contributed by atoms with Crippen LogP contribution in [0.2, 0.25) is 0 Å². The van der Waals surface area contributed by atoms with Crippen molar-refractivity contribution in [1.82, 2.24) is 4.90 Å². The summed E-state index contributed by atoms with van der Waals surface area (Å²) < 4.78 is 39.3. The van der Waals surface area contributed by atoms with Crippen LogP contribution in [0.1, 0.15) is 31.4 Å². The number of rotatable bonds is 6. The highest BCUT2D eigenvalue weighted by Gasteiger charge is 2.45. The van der Waals surface area contributed by atoms with Crippen LogP contribution in [0.3, 0.4) is 0 Å². The Bertz CT molecular complexity index is 401. The fourth-order valence-corrected chi connectivity index (χ4v) is 2.31. The Kier molecular flexibility index (Phi) is 6.02. The van der Waals surface area contributed by atoms with Crippen molar-refractivity contribution in [3.05, 3.63) is 35.4 Å². The molecular formula is C15H23F3N2. The Labute approximate surface area is 118 Å². The highest BCUT2D eigenvalue weighted by Crippen LogP contribution is 2.28. The summed E-state index contributed by atoms with van der Waals surface area (Å²) in [5.74, 6) is 0. The number of hydrogen-bond acceptors (Lipinski definition) is 2. The first-order chi connectivity index (χ1) is 9.29. The number of benzene rings is 1. The highest BCUT2D eigenvalue weighted by atomic mass is 19.4. The second-order valence-electron chi connectivity index (χ2n) is 5.14. The molecule has 20 heavy (non-hydrogen) atoms. The molecule has 2 unspecified atom stereocenters. The molecule has 0 radical (unpaired) electrons. The normalized spacial score (nSPS) is 15.4. The van der Waals surface area contributed by atoms with E-state index in [-0.39, 0.29) is 6.54 Å². The van der Waals surface area contributed by atoms with E-state index in [0.29, 0.717) is 6.42 Å². The van der Waals surface area contributed by atoms with Crippen LogP contribution < -0.4 is 5.73 Å². The predicted octanol–water partition coefficient (Wildman–Crippen LogP) is 3.35. The summed E-state index contributed by atoms with van der Waals surface area (Å²) in [7, 11) is 1.47. The van der Waals surface area contributed by atoms with E-state index in [2.05, 4.69) is 0 Å². The van der Waals surface area contributed by atoms with Gasteiger partial charge in [-0.05, 0) is 31.0 Å². The summed E-state index contributed by atoms with van der Waals surface area (Å²) in [6, 6.07) is 5.13. The van der Waals surface area contributed by atoms with Gasteiger partial charge in [0.05, 0.1) is 0 Å². The average Bonchev–Trinajstić information content (AvgIpc) is 2.37. The summed E-state index contributed by atoms with van der Waals surface area (Å²) in [6.07, 6.45) is -3.10. The fourth-order valence-electron chi connectivity index (χ4n) is 2.31. The maximum atomic E-state index is 13.1. The molecule has 0 amide bonds. The van der Waals surface area contributed by atoms with Crippen LogP contribution >= 0.6 is 0 Å². The zero-order valence-corrected chi connectivity index (χ0v) is 12.2. The van der Waals surface area contributed by atoms with E-state index in [1.165, 1.54) is 17.5 Å². The zero-order valence-electron chi connectivity index (χ0n) is 12.2. The standard InChI is InChI=1S/C15H23F3N2/c1-4-11-6-8-12(9-7-11)10-20(3)14(13(19)5-2)15(16,17)18/h6-9,13-14H,4-5,10,19H2,1-3H3. The van der Waals surface area contributed by atoms with Gasteiger partial charge in [-0.1, -0.05) is 38.1 Å². The maximum absolute atomic E-state index is 13.1. The van der Waals surface area contributed by atoms with Crippen LogP contribution in [0.4, 0.5) is 13.2 Å². The van der Waals surface area contributed by atoms with Gasteiger partial charge in [-0.25, -0.2) is 0 Å². The number of hydrogen-bond donors (Lipinski definition) is 1. The molecule has 2 N–H and O–H groups in total. The Morgan fingerprint density at radius 3 is 2.00 bits per heavy atom. The van der Waals surface area contributed by atoms with Gasteiger partial charge in [0.1, 0.15) is 6.04 Å². The van der Waals surface area contributed by atoms with E-state index in [0.717, 1.165) is 12.0 Å². The largest absolute Gasteiger partial charge is 0.405 e. The van der Waals surface area contributed by atoms with Crippen LogP contribution in [0.25, 0.3) is 0 Å². The number of nitrogens with zero attached hydrogens (tertiary/aromatic N) is 1. The van der Waals surface area contributed by atoms with Crippen molar-refractivity contribution in [2.75, 3.05) is 7.05 Å². The molecule has 0 saturated heterocycles. The molecule has 0 saturated carbocycles. The zero-order chi connectivity index (χ0) is 15.3. The Morgan fingerprint density at radius 1 is 1.10 bits per heavy atom. The third-order valence-corrected chi connectivity index (χ3v) is 3.55. The topological polar surface area (TPSA) is 29.3 Å². The van der Waals surface area contributed by atoms with Gasteiger partial charge in [0, 0.05) is 12.6 Å². The van der Waals surface area contributed by atoms with Gasteiger partial charge in [0.15, 0.2) is 0 Å². The van der Waals surface area contributed by atoms with Crippen molar-refractivity contribution in [2.45, 2.75) is 51.5 Å². The van der Waals surface area contributed by atoms with Crippen molar-refractivity contribution in [1.29, 1.82) is 0 Å². The van der Waals surface area contributed by atoms with Crippen molar-refractivity contribution < 1.29 is 13.2 Å². The molecule has 114 valence electrons. The van der Waals surface area contributed by atoms with Gasteiger partial charge in [0.25, 0.3) is 0 Å². The summed E-state index contributed by atoms with van der Waals surface area (Å²) in [6.45, 7) is 3.95. The van der Waals surface area contributed by atoms with Crippen LogP contribution in [0.15, 0.2) is 24.3 Å². The number of nitrogens with two attached hydrogens (primary N) is 1. The summed E-state index contributed by atoms with van der Waals surface area (Å²) in [5, 5.41) is 0. The molecule has 1 aromatic rings. The number of halogens is 3. The van der Waals surface area contributed by atoms with Crippen molar-refractivity contribution in [3.63, 3.8) is 0 Å². The summed E-state index contributed by atoms with van der Waals surface area (Å²) in [4.78, 5) is 1.29. The van der Waals surface area contributed by atoms with Crippen LogP contribution in [0.5, 0.6) is 0 Å². The Morgan fingerprint density at radius 2 is 1.60 bits per heavy atom. The van der Waals surface area contributed by atoms with Gasteiger partial charge < -0.3 is 5.73 Å². The minimum absolute atomic E-state index is 0.238. The van der Waals surface area contributed by atoms with E-state index in [1.54, 1.807) is 6.92 Å². The van der Waals surface area contributed by atoms with Gasteiger partial charge in [-0.3, -0.25) is 4.90 Å². The fraction of sp³-hybridized carbons (Fsp3) is 0.600. The van der Waals surface area contributed by atoms with Crippen molar-refractivity contribution >= 4 is 0 Å². The first-order valence-corrected chi connectivity index (χ1v) is 6.89. The van der Waals surface area contributed by atoms with Gasteiger partial charge in [-0.15, -0.1) is 0 Å².